The zero-order valence-corrected chi connectivity index (χ0v) is 54.2. The molecule has 2 atom stereocenters. The van der Waals surface area contributed by atoms with E-state index in [0.717, 1.165) is 38.5 Å². The molecule has 0 fully saturated rings. The third-order valence-electron chi connectivity index (χ3n) is 17.7. The monoisotopic (exact) mass is 1120 g/mol. The first-order valence-corrected chi connectivity index (χ1v) is 36.8. The third-order valence-corrected chi connectivity index (χ3v) is 17.7. The van der Waals surface area contributed by atoms with Crippen LogP contribution in [-0.4, -0.2) is 47.4 Å². The minimum atomic E-state index is -0.663. The van der Waals surface area contributed by atoms with Gasteiger partial charge >= 0.3 is 5.97 Å². The van der Waals surface area contributed by atoms with Gasteiger partial charge in [0.05, 0.1) is 25.4 Å². The first-order valence-electron chi connectivity index (χ1n) is 36.8. The number of aliphatic hydroxyl groups excluding tert-OH is 2. The molecule has 0 aliphatic rings. The Morgan fingerprint density at radius 2 is 0.519 bits per heavy atom. The summed E-state index contributed by atoms with van der Waals surface area (Å²) in [5, 5.41) is 23.4. The number of amides is 1. The lowest BCUT2D eigenvalue weighted by Gasteiger charge is -2.22. The van der Waals surface area contributed by atoms with E-state index < -0.39 is 12.1 Å². The van der Waals surface area contributed by atoms with Gasteiger partial charge < -0.3 is 20.3 Å². The molecule has 0 bridgehead atoms. The summed E-state index contributed by atoms with van der Waals surface area (Å²) in [7, 11) is 0. The summed E-state index contributed by atoms with van der Waals surface area (Å²) in [6.07, 6.45) is 84.5. The second-order valence-corrected chi connectivity index (χ2v) is 25.6. The molecule has 0 aromatic heterocycles. The first-order chi connectivity index (χ1) is 39.0. The van der Waals surface area contributed by atoms with Crippen LogP contribution < -0.4 is 5.32 Å². The predicted octanol–water partition coefficient (Wildman–Crippen LogP) is 23.8. The number of carbonyl (C=O) groups excluding carboxylic acids is 2. The normalized spacial score (nSPS) is 12.4. The number of unbranched alkanes of at least 4 members (excludes halogenated alkanes) is 59. The van der Waals surface area contributed by atoms with Crippen molar-refractivity contribution in [3.63, 3.8) is 0 Å². The van der Waals surface area contributed by atoms with Crippen LogP contribution in [0.1, 0.15) is 431 Å². The van der Waals surface area contributed by atoms with Crippen molar-refractivity contribution in [1.29, 1.82) is 0 Å². The Hall–Kier alpha value is -1.14. The van der Waals surface area contributed by atoms with E-state index >= 15 is 0 Å². The molecule has 0 radical (unpaired) electrons. The molecule has 0 aromatic rings. The largest absolute Gasteiger partial charge is 0.466 e. The second-order valence-electron chi connectivity index (χ2n) is 25.6. The fourth-order valence-electron chi connectivity index (χ4n) is 12.1. The highest BCUT2D eigenvalue weighted by atomic mass is 16.5. The molecule has 0 aromatic carbocycles. The van der Waals surface area contributed by atoms with Crippen molar-refractivity contribution in [2.75, 3.05) is 13.2 Å². The van der Waals surface area contributed by atoms with Gasteiger partial charge in [-0.3, -0.25) is 9.59 Å². The van der Waals surface area contributed by atoms with E-state index in [1.54, 1.807) is 0 Å². The van der Waals surface area contributed by atoms with Crippen LogP contribution >= 0.6 is 0 Å². The van der Waals surface area contributed by atoms with Crippen molar-refractivity contribution in [3.05, 3.63) is 0 Å². The average Bonchev–Trinajstić information content (AvgIpc) is 3.45. The van der Waals surface area contributed by atoms with E-state index in [-0.39, 0.29) is 18.5 Å². The lowest BCUT2D eigenvalue weighted by molar-refractivity contribution is -0.143. The Kier molecular flexibility index (Phi) is 68.4. The standard InChI is InChI=1S/C73H145NO5/c1-3-5-7-9-11-13-15-17-19-21-30-33-37-41-45-49-53-57-61-65-71(76)70(69-75)74-72(77)66-62-58-54-50-46-42-38-34-31-28-26-24-23-25-27-29-32-36-40-44-48-52-56-60-64-68-79-73(78)67-63-59-55-51-47-43-39-35-22-20-18-16-14-12-10-8-6-4-2/h70-71,75-76H,3-69H2,1-2H3,(H,74,77). The highest BCUT2D eigenvalue weighted by Crippen LogP contribution is 2.20. The number of esters is 1. The molecule has 0 saturated carbocycles. The first kappa shape index (κ1) is 77.9. The maximum Gasteiger partial charge on any atom is 0.305 e. The van der Waals surface area contributed by atoms with Gasteiger partial charge in [-0.15, -0.1) is 0 Å². The molecular formula is C73H145NO5. The zero-order chi connectivity index (χ0) is 57.1. The van der Waals surface area contributed by atoms with Crippen molar-refractivity contribution in [3.8, 4) is 0 Å². The van der Waals surface area contributed by atoms with Gasteiger partial charge in [0.2, 0.25) is 5.91 Å². The second kappa shape index (κ2) is 69.4. The molecule has 3 N–H and O–H groups in total. The highest BCUT2D eigenvalue weighted by molar-refractivity contribution is 5.76. The molecular weight excluding hydrogens is 971 g/mol. The molecule has 472 valence electrons. The van der Waals surface area contributed by atoms with E-state index in [2.05, 4.69) is 19.2 Å². The molecule has 0 rings (SSSR count). The van der Waals surface area contributed by atoms with Crippen molar-refractivity contribution in [2.45, 2.75) is 443 Å². The molecule has 6 heteroatoms. The van der Waals surface area contributed by atoms with Gasteiger partial charge in [-0.05, 0) is 25.7 Å². The molecule has 0 spiro atoms. The lowest BCUT2D eigenvalue weighted by atomic mass is 10.0. The molecule has 0 aliphatic heterocycles. The molecule has 0 saturated heterocycles. The summed E-state index contributed by atoms with van der Waals surface area (Å²) in [5.74, 6) is -0.00556. The molecule has 0 aliphatic carbocycles. The number of carbonyl (C=O) groups is 2. The van der Waals surface area contributed by atoms with E-state index in [4.69, 9.17) is 4.74 Å². The number of rotatable bonds is 70. The van der Waals surface area contributed by atoms with E-state index in [9.17, 15) is 19.8 Å². The van der Waals surface area contributed by atoms with Gasteiger partial charge in [0.1, 0.15) is 0 Å². The van der Waals surface area contributed by atoms with E-state index in [1.165, 1.54) is 360 Å². The van der Waals surface area contributed by atoms with Crippen molar-refractivity contribution >= 4 is 11.9 Å². The van der Waals surface area contributed by atoms with Crippen LogP contribution in [0.25, 0.3) is 0 Å². The van der Waals surface area contributed by atoms with Crippen LogP contribution in [0.15, 0.2) is 0 Å². The molecule has 0 heterocycles. The maximum atomic E-state index is 12.5. The van der Waals surface area contributed by atoms with Crippen molar-refractivity contribution in [1.82, 2.24) is 5.32 Å². The summed E-state index contributed by atoms with van der Waals surface area (Å²) in [6, 6.07) is -0.540. The van der Waals surface area contributed by atoms with Crippen LogP contribution in [-0.2, 0) is 14.3 Å². The Labute approximate surface area is 496 Å². The van der Waals surface area contributed by atoms with Gasteiger partial charge in [-0.1, -0.05) is 393 Å². The van der Waals surface area contributed by atoms with Crippen LogP contribution in [0, 0.1) is 0 Å². The lowest BCUT2D eigenvalue weighted by Crippen LogP contribution is -2.45. The minimum Gasteiger partial charge on any atom is -0.466 e. The molecule has 1 amide bonds. The maximum absolute atomic E-state index is 12.5. The minimum absolute atomic E-state index is 0.0224. The number of hydrogen-bond donors (Lipinski definition) is 3. The van der Waals surface area contributed by atoms with E-state index in [1.807, 2.05) is 0 Å². The average molecular weight is 1120 g/mol. The quantitative estimate of drug-likeness (QED) is 0.0417. The Bertz CT molecular complexity index is 1150. The molecule has 79 heavy (non-hydrogen) atoms. The van der Waals surface area contributed by atoms with Gasteiger partial charge in [-0.25, -0.2) is 0 Å². The van der Waals surface area contributed by atoms with Crippen molar-refractivity contribution in [2.24, 2.45) is 0 Å². The Morgan fingerprint density at radius 1 is 0.304 bits per heavy atom. The Morgan fingerprint density at radius 3 is 0.772 bits per heavy atom. The van der Waals surface area contributed by atoms with Crippen LogP contribution in [0.2, 0.25) is 0 Å². The fourth-order valence-corrected chi connectivity index (χ4v) is 12.1. The van der Waals surface area contributed by atoms with Gasteiger partial charge in [0.15, 0.2) is 0 Å². The van der Waals surface area contributed by atoms with Crippen LogP contribution in [0.4, 0.5) is 0 Å². The molecule has 2 unspecified atom stereocenters. The van der Waals surface area contributed by atoms with Crippen LogP contribution in [0.5, 0.6) is 0 Å². The molecule has 6 nitrogen and oxygen atoms in total. The summed E-state index contributed by atoms with van der Waals surface area (Å²) in [4.78, 5) is 24.7. The number of hydrogen-bond acceptors (Lipinski definition) is 5. The number of aliphatic hydroxyl groups is 2. The topological polar surface area (TPSA) is 95.9 Å². The number of nitrogens with one attached hydrogen (secondary N) is 1. The smallest absolute Gasteiger partial charge is 0.305 e. The van der Waals surface area contributed by atoms with E-state index in [0.29, 0.717) is 25.9 Å². The Balaban J connectivity index is 3.33. The van der Waals surface area contributed by atoms with Gasteiger partial charge in [0, 0.05) is 12.8 Å². The van der Waals surface area contributed by atoms with Gasteiger partial charge in [-0.2, -0.15) is 0 Å². The van der Waals surface area contributed by atoms with Crippen LogP contribution in [0.3, 0.4) is 0 Å². The third kappa shape index (κ3) is 65.9. The fraction of sp³-hybridized carbons (Fsp3) is 0.973. The zero-order valence-electron chi connectivity index (χ0n) is 54.2. The van der Waals surface area contributed by atoms with Crippen molar-refractivity contribution < 1.29 is 24.5 Å². The summed E-state index contributed by atoms with van der Waals surface area (Å²) in [5.41, 5.74) is 0. The summed E-state index contributed by atoms with van der Waals surface area (Å²) in [6.45, 7) is 5.01. The highest BCUT2D eigenvalue weighted by Gasteiger charge is 2.20. The SMILES string of the molecule is CCCCCCCCCCCCCCCCCCCCCC(O)C(CO)NC(=O)CCCCCCCCCCCCCCCCCCCCCCCCCCCOC(=O)CCCCCCCCCCCCCCCCCCCC. The summed E-state index contributed by atoms with van der Waals surface area (Å²) >= 11 is 0. The predicted molar refractivity (Wildman–Crippen MR) is 347 cm³/mol. The number of ether oxygens (including phenoxy) is 1. The van der Waals surface area contributed by atoms with Gasteiger partial charge in [0.25, 0.3) is 0 Å². The summed E-state index contributed by atoms with van der Waals surface area (Å²) < 4.78 is 5.51.